The zero-order valence-corrected chi connectivity index (χ0v) is 14.4. The number of hydrogen-bond acceptors (Lipinski definition) is 8. The maximum atomic E-state index is 12.3. The number of carbonyl (C=O) groups is 2. The summed E-state index contributed by atoms with van der Waals surface area (Å²) in [4.78, 5) is 35.8. The highest BCUT2D eigenvalue weighted by Gasteiger charge is 2.30. The van der Waals surface area contributed by atoms with Crippen LogP contribution in [0.5, 0.6) is 11.5 Å². The second-order valence-corrected chi connectivity index (χ2v) is 6.36. The Morgan fingerprint density at radius 3 is 2.77 bits per heavy atom. The highest BCUT2D eigenvalue weighted by Crippen LogP contribution is 2.38. The largest absolute Gasteiger partial charge is 0.454 e. The van der Waals surface area contributed by atoms with Crippen molar-refractivity contribution >= 4 is 28.9 Å². The molecule has 0 aliphatic carbocycles. The molecule has 26 heavy (non-hydrogen) atoms. The number of nitro benzene ring substituents is 1. The van der Waals surface area contributed by atoms with Gasteiger partial charge in [0, 0.05) is 10.9 Å². The van der Waals surface area contributed by atoms with E-state index in [1.165, 1.54) is 24.3 Å². The van der Waals surface area contributed by atoms with Crippen molar-refractivity contribution < 1.29 is 28.7 Å². The molecule has 1 aliphatic rings. The third-order valence-corrected chi connectivity index (χ3v) is 4.45. The van der Waals surface area contributed by atoms with Gasteiger partial charge in [-0.25, -0.2) is 4.79 Å². The van der Waals surface area contributed by atoms with Crippen molar-refractivity contribution in [2.24, 2.45) is 0 Å². The lowest BCUT2D eigenvalue weighted by atomic mass is 10.1. The van der Waals surface area contributed by atoms with Crippen LogP contribution in [0.1, 0.15) is 22.2 Å². The first-order valence-corrected chi connectivity index (χ1v) is 8.43. The van der Waals surface area contributed by atoms with Gasteiger partial charge in [0.1, 0.15) is 5.56 Å². The van der Waals surface area contributed by atoms with Crippen LogP contribution in [0.25, 0.3) is 0 Å². The van der Waals surface area contributed by atoms with E-state index in [9.17, 15) is 19.7 Å². The highest BCUT2D eigenvalue weighted by atomic mass is 32.1. The first-order valence-electron chi connectivity index (χ1n) is 7.55. The molecule has 1 aromatic carbocycles. The third-order valence-electron chi connectivity index (χ3n) is 3.58. The third kappa shape index (κ3) is 3.75. The molecule has 1 N–H and O–H groups in total. The summed E-state index contributed by atoms with van der Waals surface area (Å²) in [5.74, 6) is -1.11. The Bertz CT molecular complexity index is 851. The van der Waals surface area contributed by atoms with Crippen molar-refractivity contribution in [1.29, 1.82) is 0 Å². The SMILES string of the molecule is CC(OC(=O)c1cc2c(cc1[N+](=O)[O-])OCO2)C(=O)NCc1cccs1. The van der Waals surface area contributed by atoms with Crippen LogP contribution in [-0.4, -0.2) is 29.7 Å². The molecule has 1 unspecified atom stereocenters. The zero-order chi connectivity index (χ0) is 18.7. The van der Waals surface area contributed by atoms with Gasteiger partial charge in [-0.15, -0.1) is 11.3 Å². The predicted octanol–water partition coefficient (Wildman–Crippen LogP) is 2.25. The Labute approximate surface area is 151 Å². The van der Waals surface area contributed by atoms with E-state index in [1.54, 1.807) is 0 Å². The topological polar surface area (TPSA) is 117 Å². The minimum Gasteiger partial charge on any atom is -0.454 e. The molecule has 1 atom stereocenters. The maximum Gasteiger partial charge on any atom is 0.346 e. The lowest BCUT2D eigenvalue weighted by molar-refractivity contribution is -0.385. The summed E-state index contributed by atoms with van der Waals surface area (Å²) in [6, 6.07) is 5.99. The fourth-order valence-corrected chi connectivity index (χ4v) is 2.90. The van der Waals surface area contributed by atoms with E-state index in [0.29, 0.717) is 6.54 Å². The Hall–Kier alpha value is -3.14. The molecule has 136 valence electrons. The molecule has 0 bridgehead atoms. The summed E-state index contributed by atoms with van der Waals surface area (Å²) < 4.78 is 15.3. The van der Waals surface area contributed by atoms with E-state index in [1.807, 2.05) is 17.5 Å². The van der Waals surface area contributed by atoms with E-state index < -0.39 is 28.6 Å². The number of nitrogens with zero attached hydrogens (tertiary/aromatic N) is 1. The maximum absolute atomic E-state index is 12.3. The van der Waals surface area contributed by atoms with Gasteiger partial charge < -0.3 is 19.5 Å². The molecule has 2 aromatic rings. The van der Waals surface area contributed by atoms with Gasteiger partial charge in [-0.1, -0.05) is 6.07 Å². The summed E-state index contributed by atoms with van der Waals surface area (Å²) in [5.41, 5.74) is -0.789. The molecule has 0 saturated heterocycles. The molecule has 9 nitrogen and oxygen atoms in total. The minimum atomic E-state index is -1.12. The number of rotatable bonds is 6. The van der Waals surface area contributed by atoms with Gasteiger partial charge in [-0.05, 0) is 18.4 Å². The lowest BCUT2D eigenvalue weighted by Gasteiger charge is -2.13. The number of hydrogen-bond donors (Lipinski definition) is 1. The number of carbonyl (C=O) groups excluding carboxylic acids is 2. The monoisotopic (exact) mass is 378 g/mol. The molecule has 1 aromatic heterocycles. The van der Waals surface area contributed by atoms with Gasteiger partial charge in [0.15, 0.2) is 17.6 Å². The van der Waals surface area contributed by atoms with Crippen molar-refractivity contribution in [2.75, 3.05) is 6.79 Å². The van der Waals surface area contributed by atoms with Gasteiger partial charge in [0.2, 0.25) is 6.79 Å². The second kappa shape index (κ2) is 7.40. The van der Waals surface area contributed by atoms with Crippen LogP contribution in [0.15, 0.2) is 29.6 Å². The van der Waals surface area contributed by atoms with Crippen molar-refractivity contribution in [2.45, 2.75) is 19.6 Å². The van der Waals surface area contributed by atoms with Crippen LogP contribution in [0.4, 0.5) is 5.69 Å². The van der Waals surface area contributed by atoms with Crippen LogP contribution in [0.3, 0.4) is 0 Å². The summed E-state index contributed by atoms with van der Waals surface area (Å²) in [6.07, 6.45) is -1.12. The molecule has 1 amide bonds. The van der Waals surface area contributed by atoms with E-state index in [0.717, 1.165) is 10.9 Å². The van der Waals surface area contributed by atoms with E-state index in [4.69, 9.17) is 14.2 Å². The average molecular weight is 378 g/mol. The molecule has 3 rings (SSSR count). The molecular formula is C16H14N2O7S. The quantitative estimate of drug-likeness (QED) is 0.465. The number of nitrogens with one attached hydrogen (secondary N) is 1. The molecule has 0 radical (unpaired) electrons. The Morgan fingerprint density at radius 2 is 2.12 bits per heavy atom. The van der Waals surface area contributed by atoms with Crippen molar-refractivity contribution in [1.82, 2.24) is 5.32 Å². The van der Waals surface area contributed by atoms with E-state index in [-0.39, 0.29) is 23.9 Å². The second-order valence-electron chi connectivity index (χ2n) is 5.32. The van der Waals surface area contributed by atoms with Gasteiger partial charge in [0.25, 0.3) is 11.6 Å². The molecule has 2 heterocycles. The minimum absolute atomic E-state index is 0.0908. The molecule has 1 aliphatic heterocycles. The molecular weight excluding hydrogens is 364 g/mol. The Balaban J connectivity index is 1.69. The van der Waals surface area contributed by atoms with Gasteiger partial charge in [0.05, 0.1) is 17.5 Å². The van der Waals surface area contributed by atoms with Gasteiger partial charge >= 0.3 is 5.97 Å². The highest BCUT2D eigenvalue weighted by molar-refractivity contribution is 7.09. The van der Waals surface area contributed by atoms with Crippen molar-refractivity contribution in [3.05, 3.63) is 50.2 Å². The Morgan fingerprint density at radius 1 is 1.38 bits per heavy atom. The van der Waals surface area contributed by atoms with E-state index in [2.05, 4.69) is 5.32 Å². The van der Waals surface area contributed by atoms with Crippen LogP contribution < -0.4 is 14.8 Å². The van der Waals surface area contributed by atoms with Crippen molar-refractivity contribution in [3.8, 4) is 11.5 Å². The predicted molar refractivity (Wildman–Crippen MR) is 90.3 cm³/mol. The summed E-state index contributed by atoms with van der Waals surface area (Å²) in [5, 5.41) is 15.7. The average Bonchev–Trinajstić information content (AvgIpc) is 3.29. The summed E-state index contributed by atoms with van der Waals surface area (Å²) in [6.45, 7) is 1.61. The zero-order valence-electron chi connectivity index (χ0n) is 13.6. The van der Waals surface area contributed by atoms with Crippen LogP contribution >= 0.6 is 11.3 Å². The van der Waals surface area contributed by atoms with Gasteiger partial charge in [-0.2, -0.15) is 0 Å². The normalized spacial score (nSPS) is 13.1. The number of nitro groups is 1. The number of benzene rings is 1. The molecule has 10 heteroatoms. The standard InChI is InChI=1S/C16H14N2O7S/c1-9(15(19)17-7-10-3-2-4-26-10)25-16(20)11-5-13-14(24-8-23-13)6-12(11)18(21)22/h2-6,9H,7-8H2,1H3,(H,17,19). The Kier molecular flexibility index (Phi) is 5.03. The smallest absolute Gasteiger partial charge is 0.346 e. The van der Waals surface area contributed by atoms with Gasteiger partial charge in [-0.3, -0.25) is 14.9 Å². The summed E-state index contributed by atoms with van der Waals surface area (Å²) >= 11 is 1.48. The summed E-state index contributed by atoms with van der Waals surface area (Å²) in [7, 11) is 0. The molecule has 0 spiro atoms. The van der Waals surface area contributed by atoms with Crippen LogP contribution in [-0.2, 0) is 16.1 Å². The van der Waals surface area contributed by atoms with E-state index >= 15 is 0 Å². The molecule has 0 saturated carbocycles. The number of ether oxygens (including phenoxy) is 3. The fourth-order valence-electron chi connectivity index (χ4n) is 2.25. The first kappa shape index (κ1) is 17.7. The molecule has 0 fully saturated rings. The number of thiophene rings is 1. The van der Waals surface area contributed by atoms with Crippen LogP contribution in [0.2, 0.25) is 0 Å². The number of amides is 1. The van der Waals surface area contributed by atoms with Crippen LogP contribution in [0, 0.1) is 10.1 Å². The first-order chi connectivity index (χ1) is 12.5. The van der Waals surface area contributed by atoms with Crippen molar-refractivity contribution in [3.63, 3.8) is 0 Å². The number of fused-ring (bicyclic) bond motifs is 1. The number of esters is 1. The fraction of sp³-hybridized carbons (Fsp3) is 0.250. The lowest BCUT2D eigenvalue weighted by Crippen LogP contribution is -2.35.